The molecule has 236 valence electrons. The average Bonchev–Trinajstić information content (AvgIpc) is 3.54. The Kier molecular flexibility index (Phi) is 8.64. The Hall–Kier alpha value is -5.53. The Balaban J connectivity index is 1.67. The first-order chi connectivity index (χ1) is 21.9. The molecule has 1 atom stereocenters. The van der Waals surface area contributed by atoms with Gasteiger partial charge in [0.2, 0.25) is 5.88 Å². The van der Waals surface area contributed by atoms with Crippen LogP contribution in [-0.4, -0.2) is 34.8 Å². The summed E-state index contributed by atoms with van der Waals surface area (Å²) < 4.78 is 46.7. The Labute approximate surface area is 264 Å². The van der Waals surface area contributed by atoms with Crippen LogP contribution in [0.25, 0.3) is 21.7 Å². The highest BCUT2D eigenvalue weighted by Gasteiger charge is 2.47. The summed E-state index contributed by atoms with van der Waals surface area (Å²) in [6.45, 7) is 7.74. The fraction of sp³-hybridized carbons (Fsp3) is 0.273. The number of hydrazine groups is 2. The van der Waals surface area contributed by atoms with Crippen molar-refractivity contribution in [3.8, 4) is 18.0 Å². The first-order valence-electron chi connectivity index (χ1n) is 14.4. The minimum absolute atomic E-state index is 0.0507. The molecule has 0 saturated heterocycles. The van der Waals surface area contributed by atoms with Gasteiger partial charge in [-0.25, -0.2) is 4.98 Å². The van der Waals surface area contributed by atoms with Crippen LogP contribution in [-0.2, 0) is 0 Å². The second-order valence-corrected chi connectivity index (χ2v) is 11.4. The monoisotopic (exact) mass is 627 g/mol. The van der Waals surface area contributed by atoms with Crippen LogP contribution >= 0.6 is 0 Å². The molecule has 3 heterocycles. The summed E-state index contributed by atoms with van der Waals surface area (Å²) in [4.78, 5) is 8.66. The van der Waals surface area contributed by atoms with Gasteiger partial charge in [0.1, 0.15) is 12.1 Å². The second-order valence-electron chi connectivity index (χ2n) is 11.4. The number of ether oxygens (including phenoxy) is 1. The fourth-order valence-corrected chi connectivity index (χ4v) is 5.08. The van der Waals surface area contributed by atoms with Crippen molar-refractivity contribution in [2.45, 2.75) is 39.4 Å². The zero-order valence-corrected chi connectivity index (χ0v) is 25.7. The molecule has 0 saturated carbocycles. The minimum atomic E-state index is -4.49. The molecule has 1 aliphatic heterocycles. The van der Waals surface area contributed by atoms with Gasteiger partial charge in [-0.05, 0) is 55.5 Å². The zero-order valence-electron chi connectivity index (χ0n) is 25.7. The fourth-order valence-electron chi connectivity index (χ4n) is 5.08. The lowest BCUT2D eigenvalue weighted by Crippen LogP contribution is -2.38. The number of hydrogen-bond donors (Lipinski definition) is 4. The van der Waals surface area contributed by atoms with Crippen LogP contribution in [0.1, 0.15) is 49.9 Å². The van der Waals surface area contributed by atoms with Gasteiger partial charge < -0.3 is 20.8 Å². The highest BCUT2D eigenvalue weighted by Crippen LogP contribution is 2.40. The van der Waals surface area contributed by atoms with Gasteiger partial charge in [-0.15, -0.1) is 5.53 Å². The number of nitrogens with zero attached hydrogens (tertiary/aromatic N) is 5. The van der Waals surface area contributed by atoms with Crippen LogP contribution < -0.4 is 26.3 Å². The number of alkyl halides is 3. The van der Waals surface area contributed by atoms with Crippen LogP contribution in [0, 0.1) is 28.1 Å². The largest absolute Gasteiger partial charge is 0.481 e. The number of benzene rings is 2. The molecule has 0 radical (unpaired) electrons. The molecule has 0 unspecified atom stereocenters. The summed E-state index contributed by atoms with van der Waals surface area (Å²) in [5.41, 5.74) is 7.69. The van der Waals surface area contributed by atoms with Gasteiger partial charge in [0.05, 0.1) is 46.6 Å². The molecule has 5 rings (SSSR count). The molecule has 13 heteroatoms. The van der Waals surface area contributed by atoms with Gasteiger partial charge in [-0.3, -0.25) is 9.99 Å². The number of halogens is 3. The molecule has 4 aromatic rings. The highest BCUT2D eigenvalue weighted by molar-refractivity contribution is 5.99. The van der Waals surface area contributed by atoms with Crippen molar-refractivity contribution in [3.05, 3.63) is 89.7 Å². The van der Waals surface area contributed by atoms with Gasteiger partial charge in [0, 0.05) is 47.3 Å². The number of methoxy groups -OCH3 is 1. The zero-order chi connectivity index (χ0) is 33.2. The molecule has 0 fully saturated rings. The van der Waals surface area contributed by atoms with Gasteiger partial charge in [0.15, 0.2) is 0 Å². The second kappa shape index (κ2) is 12.5. The normalized spacial score (nSPS) is 13.8. The van der Waals surface area contributed by atoms with Gasteiger partial charge in [-0.2, -0.15) is 23.7 Å². The molecular formula is C33H32F3N9O. The van der Waals surface area contributed by atoms with Crippen molar-refractivity contribution < 1.29 is 17.9 Å². The topological polar surface area (TPSA) is 134 Å². The van der Waals surface area contributed by atoms with Crippen molar-refractivity contribution in [2.24, 2.45) is 5.41 Å². The van der Waals surface area contributed by atoms with Gasteiger partial charge in [0.25, 0.3) is 0 Å². The van der Waals surface area contributed by atoms with Crippen molar-refractivity contribution in [2.75, 3.05) is 24.3 Å². The third-order valence-electron chi connectivity index (χ3n) is 7.95. The molecule has 10 nitrogen and oxygen atoms in total. The maximum Gasteiger partial charge on any atom is 0.395 e. The first-order valence-corrected chi connectivity index (χ1v) is 14.4. The molecule has 0 aliphatic carbocycles. The van der Waals surface area contributed by atoms with E-state index in [2.05, 4.69) is 44.2 Å². The van der Waals surface area contributed by atoms with Crippen molar-refractivity contribution in [3.63, 3.8) is 0 Å². The molecule has 0 bridgehead atoms. The predicted octanol–water partition coefficient (Wildman–Crippen LogP) is 6.78. The summed E-state index contributed by atoms with van der Waals surface area (Å²) >= 11 is 0. The lowest BCUT2D eigenvalue weighted by molar-refractivity contribution is -0.206. The number of nitriles is 2. The van der Waals surface area contributed by atoms with Gasteiger partial charge >= 0.3 is 6.18 Å². The quantitative estimate of drug-likeness (QED) is 0.149. The van der Waals surface area contributed by atoms with E-state index in [0.717, 1.165) is 35.9 Å². The van der Waals surface area contributed by atoms with Crippen LogP contribution in [0.5, 0.6) is 5.88 Å². The Morgan fingerprint density at radius 2 is 1.85 bits per heavy atom. The molecule has 0 amide bonds. The predicted molar refractivity (Wildman–Crippen MR) is 170 cm³/mol. The lowest BCUT2D eigenvalue weighted by Gasteiger charge is -2.29. The minimum Gasteiger partial charge on any atom is -0.481 e. The smallest absolute Gasteiger partial charge is 0.395 e. The molecule has 1 aliphatic rings. The van der Waals surface area contributed by atoms with E-state index in [9.17, 15) is 23.7 Å². The van der Waals surface area contributed by atoms with E-state index in [1.165, 1.54) is 6.20 Å². The van der Waals surface area contributed by atoms with E-state index in [0.29, 0.717) is 29.1 Å². The summed E-state index contributed by atoms with van der Waals surface area (Å²) in [5, 5.41) is 30.1. The summed E-state index contributed by atoms with van der Waals surface area (Å²) in [5.74, 6) is 0.454. The number of nitrogens with one attached hydrogen (secondary N) is 4. The van der Waals surface area contributed by atoms with E-state index in [4.69, 9.17) is 4.74 Å². The number of hydrogen-bond acceptors (Lipinski definition) is 10. The number of anilines is 2. The number of pyridine rings is 2. The summed E-state index contributed by atoms with van der Waals surface area (Å²) in [6, 6.07) is 14.5. The number of allylic oxidation sites excluding steroid dienone is 1. The van der Waals surface area contributed by atoms with E-state index >= 15 is 0 Å². The first kappa shape index (κ1) is 31.9. The SMILES string of the molecule is C=C(CC)N1C=C([C@@H](Nc2cc(C#N)c3ncc(C#N)c(NCC(C)(C)C(F)(F)F)c3c2)c2cccc3c(OC)nccc23)NN1. The van der Waals surface area contributed by atoms with Crippen LogP contribution in [0.2, 0.25) is 0 Å². The summed E-state index contributed by atoms with van der Waals surface area (Å²) in [6.07, 6.45) is 0.985. The maximum absolute atomic E-state index is 13.7. The van der Waals surface area contributed by atoms with Crippen LogP contribution in [0.4, 0.5) is 24.5 Å². The Morgan fingerprint density at radius 1 is 1.09 bits per heavy atom. The van der Waals surface area contributed by atoms with E-state index in [1.54, 1.807) is 30.4 Å². The van der Waals surface area contributed by atoms with E-state index < -0.39 is 24.2 Å². The maximum atomic E-state index is 13.7. The number of aromatic nitrogens is 2. The molecular weight excluding hydrogens is 595 g/mol. The number of rotatable bonds is 10. The Morgan fingerprint density at radius 3 is 2.52 bits per heavy atom. The molecule has 4 N–H and O–H groups in total. The van der Waals surface area contributed by atoms with E-state index in [1.807, 2.05) is 43.5 Å². The highest BCUT2D eigenvalue weighted by atomic mass is 19.4. The van der Waals surface area contributed by atoms with Crippen LogP contribution in [0.3, 0.4) is 0 Å². The molecule has 0 spiro atoms. The molecule has 46 heavy (non-hydrogen) atoms. The van der Waals surface area contributed by atoms with E-state index in [-0.39, 0.29) is 22.3 Å². The standard InChI is InChI=1S/C33H32F3N9O/c1-6-19(2)45-17-27(43-44-45)30(24-8-7-9-25-23(24)10-11-39-31(25)46-5)42-22-12-20(14-37)28-26(13-22)29(21(15-38)16-40-28)41-18-32(3,4)33(34,35)36/h7-13,16-17,30,42-44H,2,6,18H2,1,3-5H3,(H,40,41)/t30-/m0/s1. The van der Waals surface area contributed by atoms with Gasteiger partial charge in [-0.1, -0.05) is 25.6 Å². The van der Waals surface area contributed by atoms with Crippen molar-refractivity contribution in [1.82, 2.24) is 25.9 Å². The third kappa shape index (κ3) is 5.93. The van der Waals surface area contributed by atoms with Crippen molar-refractivity contribution >= 4 is 33.1 Å². The molecule has 2 aromatic carbocycles. The third-order valence-corrected chi connectivity index (χ3v) is 7.95. The molecule has 2 aromatic heterocycles. The lowest BCUT2D eigenvalue weighted by atomic mass is 9.92. The number of fused-ring (bicyclic) bond motifs is 2. The van der Waals surface area contributed by atoms with Crippen LogP contribution in [0.15, 0.2) is 73.0 Å². The Bertz CT molecular complexity index is 1940. The van der Waals surface area contributed by atoms with Crippen molar-refractivity contribution in [1.29, 1.82) is 10.5 Å². The summed E-state index contributed by atoms with van der Waals surface area (Å²) in [7, 11) is 1.55. The average molecular weight is 628 g/mol.